The van der Waals surface area contributed by atoms with Crippen molar-refractivity contribution in [3.05, 3.63) is 29.6 Å². The van der Waals surface area contributed by atoms with E-state index in [-0.39, 0.29) is 17.5 Å². The molecule has 0 aliphatic carbocycles. The van der Waals surface area contributed by atoms with Crippen molar-refractivity contribution in [2.45, 2.75) is 38.8 Å². The van der Waals surface area contributed by atoms with Gasteiger partial charge in [0.05, 0.1) is 5.56 Å². The number of rotatable bonds is 7. The maximum absolute atomic E-state index is 12.0. The molecule has 0 N–H and O–H groups in total. The smallest absolute Gasteiger partial charge is 0.320 e. The molecule has 0 amide bonds. The molecule has 0 saturated carbocycles. The van der Waals surface area contributed by atoms with Gasteiger partial charge in [0.2, 0.25) is 5.27 Å². The van der Waals surface area contributed by atoms with Gasteiger partial charge in [-0.25, -0.2) is 9.98 Å². The summed E-state index contributed by atoms with van der Waals surface area (Å²) in [6, 6.07) is 5.70. The maximum Gasteiger partial charge on any atom is 0.320 e. The largest absolute Gasteiger partial charge is 0.861 e. The summed E-state index contributed by atoms with van der Waals surface area (Å²) in [4.78, 5) is 8.34. The van der Waals surface area contributed by atoms with Gasteiger partial charge in [0.25, 0.3) is 6.20 Å². The van der Waals surface area contributed by atoms with Gasteiger partial charge in [-0.05, 0) is 37.3 Å². The lowest BCUT2D eigenvalue weighted by molar-refractivity contribution is -0.759. The Hall–Kier alpha value is -2.40. The van der Waals surface area contributed by atoms with E-state index in [4.69, 9.17) is 4.52 Å². The van der Waals surface area contributed by atoms with Crippen LogP contribution in [0.25, 0.3) is 0 Å². The summed E-state index contributed by atoms with van der Waals surface area (Å²) in [5.41, 5.74) is 1.37. The first-order valence-corrected chi connectivity index (χ1v) is 8.64. The van der Waals surface area contributed by atoms with Gasteiger partial charge in [-0.2, -0.15) is 5.26 Å². The SMILES string of the molecule is CC[n+]1cc(/N=C(/[O-])CSc2nc(CC(C)C)ccc2C#N)on1. The Morgan fingerprint density at radius 2 is 2.29 bits per heavy atom. The van der Waals surface area contributed by atoms with Gasteiger partial charge in [-0.3, -0.25) is 4.52 Å². The monoisotopic (exact) mass is 345 g/mol. The summed E-state index contributed by atoms with van der Waals surface area (Å²) in [6.45, 7) is 6.76. The lowest BCUT2D eigenvalue weighted by Crippen LogP contribution is -2.32. The van der Waals surface area contributed by atoms with E-state index in [2.05, 4.69) is 35.2 Å². The Labute approximate surface area is 145 Å². The van der Waals surface area contributed by atoms with Gasteiger partial charge >= 0.3 is 5.88 Å². The third-order valence-corrected chi connectivity index (χ3v) is 4.02. The minimum Gasteiger partial charge on any atom is -0.861 e. The van der Waals surface area contributed by atoms with E-state index in [1.54, 1.807) is 16.9 Å². The molecule has 0 unspecified atom stereocenters. The minimum atomic E-state index is -0.362. The van der Waals surface area contributed by atoms with Gasteiger partial charge in [0.15, 0.2) is 6.54 Å². The van der Waals surface area contributed by atoms with E-state index in [9.17, 15) is 10.4 Å². The van der Waals surface area contributed by atoms with Crippen molar-refractivity contribution in [2.24, 2.45) is 10.9 Å². The molecule has 0 aliphatic heterocycles. The fourth-order valence-electron chi connectivity index (χ4n) is 1.96. The fourth-order valence-corrected chi connectivity index (χ4v) is 2.73. The number of aryl methyl sites for hydroxylation is 1. The molecular weight excluding hydrogens is 326 g/mol. The first kappa shape index (κ1) is 17.9. The second kappa shape index (κ2) is 8.45. The van der Waals surface area contributed by atoms with Crippen molar-refractivity contribution < 1.29 is 14.3 Å². The van der Waals surface area contributed by atoms with Gasteiger partial charge < -0.3 is 5.11 Å². The quantitative estimate of drug-likeness (QED) is 0.327. The second-order valence-corrected chi connectivity index (χ2v) is 6.52. The van der Waals surface area contributed by atoms with Crippen molar-refractivity contribution in [1.82, 2.24) is 10.3 Å². The van der Waals surface area contributed by atoms with E-state index in [0.29, 0.717) is 23.1 Å². The molecule has 2 aromatic heterocycles. The summed E-state index contributed by atoms with van der Waals surface area (Å²) >= 11 is 1.21. The lowest BCUT2D eigenvalue weighted by atomic mass is 10.1. The molecule has 0 fully saturated rings. The van der Waals surface area contributed by atoms with Crippen molar-refractivity contribution in [3.63, 3.8) is 0 Å². The Balaban J connectivity index is 2.08. The molecule has 7 nitrogen and oxygen atoms in total. The minimum absolute atomic E-state index is 0.0830. The summed E-state index contributed by atoms with van der Waals surface area (Å²) in [6.07, 6.45) is 2.39. The number of nitriles is 1. The van der Waals surface area contributed by atoms with Crippen LogP contribution >= 0.6 is 11.8 Å². The van der Waals surface area contributed by atoms with E-state index >= 15 is 0 Å². The molecule has 0 radical (unpaired) electrons. The van der Waals surface area contributed by atoms with Crippen LogP contribution in [0.1, 0.15) is 32.0 Å². The van der Waals surface area contributed by atoms with Crippen LogP contribution < -0.4 is 9.79 Å². The first-order valence-electron chi connectivity index (χ1n) is 7.65. The third kappa shape index (κ3) is 5.06. The van der Waals surface area contributed by atoms with Crippen LogP contribution in [0.3, 0.4) is 0 Å². The summed E-state index contributed by atoms with van der Waals surface area (Å²) in [7, 11) is 0. The van der Waals surface area contributed by atoms with Crippen molar-refractivity contribution in [3.8, 4) is 6.07 Å². The van der Waals surface area contributed by atoms with Gasteiger partial charge in [-0.1, -0.05) is 30.3 Å². The fraction of sp³-hybridized carbons (Fsp3) is 0.438. The molecule has 0 saturated heterocycles. The topological polar surface area (TPSA) is 102 Å². The van der Waals surface area contributed by atoms with E-state index < -0.39 is 0 Å². The lowest BCUT2D eigenvalue weighted by Gasteiger charge is -2.11. The molecule has 24 heavy (non-hydrogen) atoms. The second-order valence-electron chi connectivity index (χ2n) is 5.56. The van der Waals surface area contributed by atoms with E-state index in [1.807, 2.05) is 13.0 Å². The Morgan fingerprint density at radius 1 is 1.50 bits per heavy atom. The Bertz CT molecular complexity index is 764. The van der Waals surface area contributed by atoms with Crippen LogP contribution in [0, 0.1) is 17.2 Å². The molecule has 8 heteroatoms. The number of aliphatic imine (C=N–C) groups is 1. The summed E-state index contributed by atoms with van der Waals surface area (Å²) < 4.78 is 6.48. The maximum atomic E-state index is 12.0. The standard InChI is InChI=1S/C16H19N5O2S/c1-4-21-9-15(23-20-21)19-14(22)10-24-16-12(8-17)5-6-13(18-16)7-11(2)3/h5-6,9,11H,4,7,10H2,1-3H3. The normalized spacial score (nSPS) is 11.7. The summed E-state index contributed by atoms with van der Waals surface area (Å²) in [5, 5.41) is 25.4. The number of pyridine rings is 1. The third-order valence-electron chi connectivity index (χ3n) is 3.05. The average molecular weight is 345 g/mol. The van der Waals surface area contributed by atoms with Crippen LogP contribution in [0.15, 0.2) is 32.9 Å². The van der Waals surface area contributed by atoms with Gasteiger partial charge in [0.1, 0.15) is 11.1 Å². The zero-order chi connectivity index (χ0) is 17.5. The molecule has 0 aliphatic rings. The Kier molecular flexibility index (Phi) is 6.32. The highest BCUT2D eigenvalue weighted by Gasteiger charge is 2.09. The average Bonchev–Trinajstić information content (AvgIpc) is 3.00. The van der Waals surface area contributed by atoms with Crippen molar-refractivity contribution >= 4 is 23.5 Å². The number of thioether (sulfide) groups is 1. The molecule has 126 valence electrons. The molecule has 0 aromatic carbocycles. The molecule has 2 rings (SSSR count). The number of nitrogens with zero attached hydrogens (tertiary/aromatic N) is 5. The highest BCUT2D eigenvalue weighted by Crippen LogP contribution is 2.22. The molecule has 2 heterocycles. The predicted molar refractivity (Wildman–Crippen MR) is 87.7 cm³/mol. The highest BCUT2D eigenvalue weighted by atomic mass is 32.2. The van der Waals surface area contributed by atoms with Crippen LogP contribution in [0.4, 0.5) is 5.88 Å². The predicted octanol–water partition coefficient (Wildman–Crippen LogP) is 1.63. The van der Waals surface area contributed by atoms with Gasteiger partial charge in [-0.15, -0.1) is 0 Å². The van der Waals surface area contributed by atoms with Crippen molar-refractivity contribution in [2.75, 3.05) is 5.75 Å². The number of hydrogen-bond acceptors (Lipinski definition) is 7. The van der Waals surface area contributed by atoms with Crippen LogP contribution in [0.5, 0.6) is 0 Å². The highest BCUT2D eigenvalue weighted by molar-refractivity contribution is 7.99. The molecule has 2 aromatic rings. The summed E-state index contributed by atoms with van der Waals surface area (Å²) in [5.74, 6) is 0.361. The Morgan fingerprint density at radius 3 is 2.92 bits per heavy atom. The molecule has 0 atom stereocenters. The zero-order valence-corrected chi connectivity index (χ0v) is 14.7. The first-order chi connectivity index (χ1) is 11.5. The number of hydrogen-bond donors (Lipinski definition) is 0. The van der Waals surface area contributed by atoms with Gasteiger partial charge in [0, 0.05) is 11.4 Å². The molecular formula is C16H19N5O2S. The molecule has 0 spiro atoms. The van der Waals surface area contributed by atoms with E-state index in [0.717, 1.165) is 12.1 Å². The van der Waals surface area contributed by atoms with E-state index in [1.165, 1.54) is 11.8 Å². The van der Waals surface area contributed by atoms with Crippen LogP contribution in [0.2, 0.25) is 0 Å². The molecule has 0 bridgehead atoms. The van der Waals surface area contributed by atoms with Crippen molar-refractivity contribution in [1.29, 1.82) is 5.26 Å². The number of aromatic nitrogens is 3. The zero-order valence-electron chi connectivity index (χ0n) is 13.9. The van der Waals surface area contributed by atoms with Crippen LogP contribution in [-0.2, 0) is 13.0 Å². The van der Waals surface area contributed by atoms with Crippen LogP contribution in [-0.4, -0.2) is 21.9 Å².